The van der Waals surface area contributed by atoms with Gasteiger partial charge in [0.15, 0.2) is 6.10 Å². The number of halogens is 2. The normalized spacial score (nSPS) is 11.7. The van der Waals surface area contributed by atoms with Crippen LogP contribution in [0.4, 0.5) is 0 Å². The van der Waals surface area contributed by atoms with E-state index in [4.69, 9.17) is 32.7 Å². The van der Waals surface area contributed by atoms with Crippen molar-refractivity contribution < 1.29 is 19.1 Å². The van der Waals surface area contributed by atoms with Crippen LogP contribution in [0.3, 0.4) is 0 Å². The molecule has 1 rings (SSSR count). The zero-order valence-electron chi connectivity index (χ0n) is 14.0. The third-order valence-corrected chi connectivity index (χ3v) is 3.68. The number of methoxy groups -OCH3 is 1. The molecule has 0 spiro atoms. The molecule has 1 N–H and O–H groups in total. The van der Waals surface area contributed by atoms with E-state index in [0.717, 1.165) is 0 Å². The number of hydrogen-bond acceptors (Lipinski definition) is 4. The van der Waals surface area contributed by atoms with Gasteiger partial charge in [-0.25, -0.2) is 0 Å². The maximum atomic E-state index is 12.3. The van der Waals surface area contributed by atoms with Crippen LogP contribution in [-0.4, -0.2) is 56.7 Å². The number of nitrogens with zero attached hydrogens (tertiary/aromatic N) is 1. The van der Waals surface area contributed by atoms with E-state index in [-0.39, 0.29) is 18.4 Å². The fourth-order valence-electron chi connectivity index (χ4n) is 1.92. The van der Waals surface area contributed by atoms with Crippen molar-refractivity contribution in [2.45, 2.75) is 19.4 Å². The van der Waals surface area contributed by atoms with Crippen LogP contribution in [-0.2, 0) is 14.3 Å². The molecule has 1 aromatic rings. The van der Waals surface area contributed by atoms with E-state index >= 15 is 0 Å². The van der Waals surface area contributed by atoms with Gasteiger partial charge in [-0.15, -0.1) is 0 Å². The first-order valence-corrected chi connectivity index (χ1v) is 8.23. The number of likely N-dealkylation sites (N-methyl/N-ethyl adjacent to an activating group) is 1. The van der Waals surface area contributed by atoms with Crippen molar-refractivity contribution in [1.29, 1.82) is 0 Å². The van der Waals surface area contributed by atoms with Crippen LogP contribution in [0.1, 0.15) is 13.3 Å². The van der Waals surface area contributed by atoms with Crippen LogP contribution >= 0.6 is 23.2 Å². The Morgan fingerprint density at radius 2 is 2.04 bits per heavy atom. The molecule has 0 heterocycles. The molecule has 0 saturated carbocycles. The number of carbonyl (C=O) groups is 2. The van der Waals surface area contributed by atoms with Crippen molar-refractivity contribution in [2.75, 3.05) is 33.9 Å². The Morgan fingerprint density at radius 3 is 2.67 bits per heavy atom. The molecule has 2 amide bonds. The van der Waals surface area contributed by atoms with Crippen molar-refractivity contribution in [3.05, 3.63) is 28.2 Å². The summed E-state index contributed by atoms with van der Waals surface area (Å²) in [6, 6.07) is 4.75. The van der Waals surface area contributed by atoms with Crippen molar-refractivity contribution in [2.24, 2.45) is 0 Å². The van der Waals surface area contributed by atoms with Crippen LogP contribution in [0.5, 0.6) is 5.75 Å². The topological polar surface area (TPSA) is 67.9 Å². The maximum Gasteiger partial charge on any atom is 0.263 e. The SMILES string of the molecule is COCCCNC(=O)CN(C)C(=O)[C@H](C)Oc1ccc(Cl)cc1Cl. The fourth-order valence-corrected chi connectivity index (χ4v) is 2.37. The van der Waals surface area contributed by atoms with Crippen LogP contribution in [0.2, 0.25) is 10.0 Å². The molecule has 0 aliphatic carbocycles. The van der Waals surface area contributed by atoms with Crippen LogP contribution in [0.25, 0.3) is 0 Å². The standard InChI is InChI=1S/C16H22Cl2N2O4/c1-11(24-14-6-5-12(17)9-13(14)18)16(22)20(2)10-15(21)19-7-4-8-23-3/h5-6,9,11H,4,7-8,10H2,1-3H3,(H,19,21)/t11-/m0/s1. The highest BCUT2D eigenvalue weighted by molar-refractivity contribution is 6.35. The summed E-state index contributed by atoms with van der Waals surface area (Å²) in [5.74, 6) is -0.203. The molecule has 0 saturated heterocycles. The van der Waals surface area contributed by atoms with E-state index in [1.54, 1.807) is 33.2 Å². The molecule has 0 bridgehead atoms. The highest BCUT2D eigenvalue weighted by Gasteiger charge is 2.21. The summed E-state index contributed by atoms with van der Waals surface area (Å²) < 4.78 is 10.4. The third kappa shape index (κ3) is 6.95. The number of carbonyl (C=O) groups excluding carboxylic acids is 2. The molecule has 0 unspecified atom stereocenters. The predicted molar refractivity (Wildman–Crippen MR) is 93.7 cm³/mol. The van der Waals surface area contributed by atoms with Gasteiger partial charge in [0.25, 0.3) is 5.91 Å². The van der Waals surface area contributed by atoms with Crippen LogP contribution in [0, 0.1) is 0 Å². The molecule has 8 heteroatoms. The number of ether oxygens (including phenoxy) is 2. The van der Waals surface area contributed by atoms with Crippen molar-refractivity contribution >= 4 is 35.0 Å². The second-order valence-electron chi connectivity index (χ2n) is 5.23. The number of hydrogen-bond donors (Lipinski definition) is 1. The molecule has 0 aliphatic rings. The van der Waals surface area contributed by atoms with E-state index in [1.807, 2.05) is 0 Å². The number of rotatable bonds is 9. The number of amides is 2. The lowest BCUT2D eigenvalue weighted by Gasteiger charge is -2.22. The lowest BCUT2D eigenvalue weighted by atomic mass is 10.3. The summed E-state index contributed by atoms with van der Waals surface area (Å²) in [6.45, 7) is 2.62. The molecule has 24 heavy (non-hydrogen) atoms. The largest absolute Gasteiger partial charge is 0.479 e. The van der Waals surface area contributed by atoms with Crippen molar-refractivity contribution in [3.8, 4) is 5.75 Å². The second-order valence-corrected chi connectivity index (χ2v) is 6.07. The Bertz CT molecular complexity index is 569. The second kappa shape index (κ2) is 10.4. The molecular formula is C16H22Cl2N2O4. The minimum Gasteiger partial charge on any atom is -0.479 e. The van der Waals surface area contributed by atoms with Gasteiger partial charge in [0.2, 0.25) is 5.91 Å². The summed E-state index contributed by atoms with van der Waals surface area (Å²) in [7, 11) is 3.14. The minimum atomic E-state index is -0.782. The monoisotopic (exact) mass is 376 g/mol. The summed E-state index contributed by atoms with van der Waals surface area (Å²) in [4.78, 5) is 25.3. The van der Waals surface area contributed by atoms with Gasteiger partial charge in [-0.3, -0.25) is 9.59 Å². The zero-order chi connectivity index (χ0) is 18.1. The van der Waals surface area contributed by atoms with Gasteiger partial charge in [0.05, 0.1) is 11.6 Å². The van der Waals surface area contributed by atoms with Gasteiger partial charge >= 0.3 is 0 Å². The Hall–Kier alpha value is -1.50. The zero-order valence-corrected chi connectivity index (χ0v) is 15.5. The lowest BCUT2D eigenvalue weighted by molar-refractivity contribution is -0.139. The Kier molecular flexibility index (Phi) is 8.89. The number of benzene rings is 1. The van der Waals surface area contributed by atoms with Crippen molar-refractivity contribution in [3.63, 3.8) is 0 Å². The first-order chi connectivity index (χ1) is 11.3. The van der Waals surface area contributed by atoms with Gasteiger partial charge in [0.1, 0.15) is 5.75 Å². The highest BCUT2D eigenvalue weighted by Crippen LogP contribution is 2.28. The first kappa shape index (κ1) is 20.5. The van der Waals surface area contributed by atoms with Crippen LogP contribution in [0.15, 0.2) is 18.2 Å². The molecular weight excluding hydrogens is 355 g/mol. The summed E-state index contributed by atoms with van der Waals surface area (Å²) in [6.07, 6.45) is -0.0657. The molecule has 1 aromatic carbocycles. The summed E-state index contributed by atoms with van der Waals surface area (Å²) >= 11 is 11.8. The summed E-state index contributed by atoms with van der Waals surface area (Å²) in [5, 5.41) is 3.52. The van der Waals surface area contributed by atoms with Gasteiger partial charge in [0, 0.05) is 32.3 Å². The molecule has 0 radical (unpaired) electrons. The molecule has 1 atom stereocenters. The van der Waals surface area contributed by atoms with Crippen LogP contribution < -0.4 is 10.1 Å². The molecule has 0 fully saturated rings. The van der Waals surface area contributed by atoms with Gasteiger partial charge in [-0.05, 0) is 31.5 Å². The van der Waals surface area contributed by atoms with E-state index in [9.17, 15) is 9.59 Å². The van der Waals surface area contributed by atoms with Gasteiger partial charge in [-0.1, -0.05) is 23.2 Å². The molecule has 134 valence electrons. The smallest absolute Gasteiger partial charge is 0.263 e. The quantitative estimate of drug-likeness (QED) is 0.671. The summed E-state index contributed by atoms with van der Waals surface area (Å²) in [5.41, 5.74) is 0. The molecule has 0 aromatic heterocycles. The average Bonchev–Trinajstić information content (AvgIpc) is 2.53. The average molecular weight is 377 g/mol. The van der Waals surface area contributed by atoms with Crippen molar-refractivity contribution in [1.82, 2.24) is 10.2 Å². The van der Waals surface area contributed by atoms with Gasteiger partial charge in [-0.2, -0.15) is 0 Å². The Balaban J connectivity index is 2.47. The van der Waals surface area contributed by atoms with E-state index in [2.05, 4.69) is 5.32 Å². The molecule has 0 aliphatic heterocycles. The fraction of sp³-hybridized carbons (Fsp3) is 0.500. The molecule has 6 nitrogen and oxygen atoms in total. The Morgan fingerprint density at radius 1 is 1.33 bits per heavy atom. The predicted octanol–water partition coefficient (Wildman–Crippen LogP) is 2.37. The van der Waals surface area contributed by atoms with E-state index < -0.39 is 6.10 Å². The highest BCUT2D eigenvalue weighted by atomic mass is 35.5. The lowest BCUT2D eigenvalue weighted by Crippen LogP contribution is -2.43. The third-order valence-electron chi connectivity index (χ3n) is 3.15. The minimum absolute atomic E-state index is 0.0478. The first-order valence-electron chi connectivity index (χ1n) is 7.47. The Labute approximate surface area is 152 Å². The van der Waals surface area contributed by atoms with E-state index in [0.29, 0.717) is 35.4 Å². The van der Waals surface area contributed by atoms with E-state index in [1.165, 1.54) is 11.0 Å². The number of nitrogens with one attached hydrogen (secondary N) is 1. The van der Waals surface area contributed by atoms with Gasteiger partial charge < -0.3 is 19.7 Å². The maximum absolute atomic E-state index is 12.3.